The summed E-state index contributed by atoms with van der Waals surface area (Å²) < 4.78 is 104. The number of hydrogen-bond donors (Lipinski definition) is 7. The number of rotatable bonds is 14. The fourth-order valence-corrected chi connectivity index (χ4v) is 8.78. The van der Waals surface area contributed by atoms with E-state index in [1.807, 2.05) is 0 Å². The monoisotopic (exact) mass is 1150 g/mol. The Morgan fingerprint density at radius 1 is 0.549 bits per heavy atom. The van der Waals surface area contributed by atoms with Crippen LogP contribution in [0.3, 0.4) is 0 Å². The first-order valence-corrected chi connectivity index (χ1v) is 25.0. The van der Waals surface area contributed by atoms with Gasteiger partial charge in [0.25, 0.3) is 35.5 Å². The first-order valence-electron chi connectivity index (χ1n) is 25.0. The van der Waals surface area contributed by atoms with E-state index in [0.29, 0.717) is 30.4 Å². The number of aromatic nitrogens is 6. The van der Waals surface area contributed by atoms with Crippen molar-refractivity contribution in [1.29, 1.82) is 0 Å². The smallest absolute Gasteiger partial charge is 0.351 e. The minimum Gasteiger partial charge on any atom is -0.394 e. The van der Waals surface area contributed by atoms with Crippen LogP contribution in [0, 0.1) is 17.8 Å². The molecule has 22 nitrogen and oxygen atoms in total. The summed E-state index contributed by atoms with van der Waals surface area (Å²) in [5.74, 6) is -16.1. The number of hydrogen-bond acceptors (Lipinski definition) is 16. The fourth-order valence-electron chi connectivity index (χ4n) is 8.78. The van der Waals surface area contributed by atoms with Gasteiger partial charge in [0, 0.05) is 35.3 Å². The van der Waals surface area contributed by atoms with Gasteiger partial charge in [-0.25, -0.2) is 40.7 Å². The molecule has 1 unspecified atom stereocenters. The van der Waals surface area contributed by atoms with Gasteiger partial charge in [0.1, 0.15) is 23.6 Å². The molecular formula is C54H55F6N9O13. The summed E-state index contributed by atoms with van der Waals surface area (Å²) in [6.07, 6.45) is -8.27. The van der Waals surface area contributed by atoms with E-state index in [1.54, 1.807) is 91.0 Å². The summed E-state index contributed by atoms with van der Waals surface area (Å²) in [5, 5.41) is 44.9. The van der Waals surface area contributed by atoms with Crippen LogP contribution < -0.4 is 33.0 Å². The second-order valence-corrected chi connectivity index (χ2v) is 19.0. The maximum atomic E-state index is 14.7. The molecule has 10 atom stereocenters. The van der Waals surface area contributed by atoms with Crippen molar-refractivity contribution >= 4 is 35.2 Å². The zero-order chi connectivity index (χ0) is 59.8. The third-order valence-electron chi connectivity index (χ3n) is 13.6. The molecule has 3 aromatic heterocycles. The molecule has 436 valence electrons. The van der Waals surface area contributed by atoms with Crippen molar-refractivity contribution in [3.8, 4) is 0 Å². The normalized spacial score (nSPS) is 24.2. The molecule has 3 aliphatic heterocycles. The summed E-state index contributed by atoms with van der Waals surface area (Å²) in [5.41, 5.74) is -2.02. The van der Waals surface area contributed by atoms with Crippen molar-refractivity contribution in [2.75, 3.05) is 22.6 Å². The largest absolute Gasteiger partial charge is 0.394 e. The molecule has 28 heteroatoms. The highest BCUT2D eigenvalue weighted by Crippen LogP contribution is 2.49. The number of amides is 3. The van der Waals surface area contributed by atoms with Gasteiger partial charge in [-0.15, -0.1) is 6.58 Å². The van der Waals surface area contributed by atoms with Crippen molar-refractivity contribution in [1.82, 2.24) is 28.7 Å². The second kappa shape index (κ2) is 25.7. The number of carbonyl (C=O) groups is 3. The molecule has 82 heavy (non-hydrogen) atoms. The van der Waals surface area contributed by atoms with E-state index in [2.05, 4.69) is 37.5 Å². The molecule has 0 radical (unpaired) electrons. The predicted molar refractivity (Wildman–Crippen MR) is 279 cm³/mol. The second-order valence-electron chi connectivity index (χ2n) is 19.0. The minimum absolute atomic E-state index is 0.0619. The summed E-state index contributed by atoms with van der Waals surface area (Å²) in [7, 11) is 0. The average Bonchev–Trinajstić information content (AvgIpc) is 4.05. The number of ether oxygens (including phenoxy) is 3. The molecule has 3 aliphatic rings. The Morgan fingerprint density at radius 2 is 0.866 bits per heavy atom. The lowest BCUT2D eigenvalue weighted by atomic mass is 9.94. The maximum absolute atomic E-state index is 14.7. The SMILES string of the molecule is C=CCC(O)[C@H]1O[C@@H](n2ccc(NC(=O)c3ccccc3)nc2=O)C(F)(F)[C@@H]1C.C[C@@H]1[C@@H](C(O)O)O[C@@H](n2ccc(NC(=O)c3ccccc3)nc2=O)C1(F)F.C[C@@H]1[C@@H](CO)O[C@@H](n2ccc(NC(=O)c3ccccc3)nc2=O)C1(F)F. The number of aliphatic hydroxyl groups excluding tert-OH is 3. The van der Waals surface area contributed by atoms with Gasteiger partial charge in [-0.05, 0) is 61.0 Å². The zero-order valence-electron chi connectivity index (χ0n) is 43.6. The van der Waals surface area contributed by atoms with Crippen molar-refractivity contribution in [3.63, 3.8) is 0 Å². The molecule has 6 heterocycles. The van der Waals surface area contributed by atoms with Crippen molar-refractivity contribution in [2.45, 2.75) is 94.3 Å². The van der Waals surface area contributed by atoms with Crippen LogP contribution in [0.2, 0.25) is 0 Å². The quantitative estimate of drug-likeness (QED) is 0.0417. The van der Waals surface area contributed by atoms with Gasteiger partial charge >= 0.3 is 17.1 Å². The first-order chi connectivity index (χ1) is 38.8. The molecule has 9 rings (SSSR count). The molecule has 0 aliphatic carbocycles. The molecule has 0 bridgehead atoms. The van der Waals surface area contributed by atoms with Crippen molar-refractivity contribution < 1.29 is 75.4 Å². The van der Waals surface area contributed by atoms with Gasteiger partial charge < -0.3 is 50.6 Å². The number of nitrogens with zero attached hydrogens (tertiary/aromatic N) is 6. The van der Waals surface area contributed by atoms with Gasteiger partial charge in [-0.3, -0.25) is 28.1 Å². The maximum Gasteiger partial charge on any atom is 0.351 e. The zero-order valence-corrected chi connectivity index (χ0v) is 43.6. The van der Waals surface area contributed by atoms with Gasteiger partial charge in [-0.2, -0.15) is 15.0 Å². The summed E-state index contributed by atoms with van der Waals surface area (Å²) >= 11 is 0. The number of nitrogens with one attached hydrogen (secondary N) is 3. The molecule has 7 N–H and O–H groups in total. The molecule has 3 saturated heterocycles. The number of carbonyl (C=O) groups excluding carboxylic acids is 3. The van der Waals surface area contributed by atoms with E-state index in [1.165, 1.54) is 38.1 Å². The van der Waals surface area contributed by atoms with Crippen LogP contribution in [-0.2, 0) is 14.2 Å². The van der Waals surface area contributed by atoms with Crippen LogP contribution in [0.1, 0.15) is 76.9 Å². The van der Waals surface area contributed by atoms with Crippen LogP contribution in [0.5, 0.6) is 0 Å². The van der Waals surface area contributed by atoms with E-state index in [-0.39, 0.29) is 23.9 Å². The number of alkyl halides is 6. The lowest BCUT2D eigenvalue weighted by molar-refractivity contribution is -0.166. The Bertz CT molecular complexity index is 3400. The van der Waals surface area contributed by atoms with Crippen LogP contribution in [0.25, 0.3) is 0 Å². The Labute approximate surface area is 461 Å². The predicted octanol–water partition coefficient (Wildman–Crippen LogP) is 5.23. The average molecular weight is 1150 g/mol. The molecule has 0 spiro atoms. The van der Waals surface area contributed by atoms with Crippen LogP contribution in [0.15, 0.2) is 155 Å². The van der Waals surface area contributed by atoms with E-state index in [0.717, 1.165) is 25.5 Å². The molecular weight excluding hydrogens is 1100 g/mol. The topological polar surface area (TPSA) is 301 Å². The highest BCUT2D eigenvalue weighted by Gasteiger charge is 2.61. The van der Waals surface area contributed by atoms with Crippen LogP contribution >= 0.6 is 0 Å². The van der Waals surface area contributed by atoms with Gasteiger partial charge in [0.05, 0.1) is 42.7 Å². The Kier molecular flexibility index (Phi) is 19.2. The summed E-state index contributed by atoms with van der Waals surface area (Å²) in [4.78, 5) is 83.8. The third-order valence-corrected chi connectivity index (χ3v) is 13.6. The first kappa shape index (κ1) is 61.4. The Hall–Kier alpha value is -8.25. The molecule has 6 aromatic rings. The molecule has 3 aromatic carbocycles. The number of halogens is 6. The fraction of sp³-hybridized carbons (Fsp3) is 0.352. The highest BCUT2D eigenvalue weighted by molar-refractivity contribution is 6.04. The van der Waals surface area contributed by atoms with Crippen molar-refractivity contribution in [3.05, 3.63) is 189 Å². The Morgan fingerprint density at radius 3 is 1.16 bits per heavy atom. The molecule has 0 saturated carbocycles. The summed E-state index contributed by atoms with van der Waals surface area (Å²) in [6.45, 7) is 6.49. The van der Waals surface area contributed by atoms with Gasteiger partial charge in [-0.1, -0.05) is 81.4 Å². The molecule has 3 fully saturated rings. The summed E-state index contributed by atoms with van der Waals surface area (Å²) in [6, 6.07) is 28.4. The number of aliphatic hydroxyl groups is 4. The number of anilines is 3. The number of benzene rings is 3. The van der Waals surface area contributed by atoms with E-state index >= 15 is 0 Å². The van der Waals surface area contributed by atoms with E-state index < -0.39 is 126 Å². The van der Waals surface area contributed by atoms with E-state index in [9.17, 15) is 70.4 Å². The van der Waals surface area contributed by atoms with Crippen LogP contribution in [0.4, 0.5) is 43.8 Å². The lowest BCUT2D eigenvalue weighted by Crippen LogP contribution is -2.38. The van der Waals surface area contributed by atoms with Gasteiger partial charge in [0.15, 0.2) is 6.29 Å². The minimum atomic E-state index is -3.53. The Balaban J connectivity index is 0.000000177. The molecule has 3 amide bonds. The lowest BCUT2D eigenvalue weighted by Gasteiger charge is -2.22. The highest BCUT2D eigenvalue weighted by atomic mass is 19.3. The van der Waals surface area contributed by atoms with Crippen LogP contribution in [-0.4, -0.2) is 122 Å². The van der Waals surface area contributed by atoms with E-state index in [4.69, 9.17) is 19.3 Å². The van der Waals surface area contributed by atoms with Crippen molar-refractivity contribution in [2.24, 2.45) is 17.8 Å². The third kappa shape index (κ3) is 13.4. The van der Waals surface area contributed by atoms with Gasteiger partial charge in [0.2, 0.25) is 18.7 Å². The standard InChI is InChI=1S/C20H21F2N3O4.C17H17F2N3O5.C17H17F2N3O4/c1-3-7-14(26)16-12(2)20(21,22)18(29-16)25-11-10-15(24-19(25)28)23-17(27)13-8-5-4-6-9-13;1-9-12(14(24)25)27-15(17(9,18)19)22-8-7-11(21-16(22)26)20-13(23)10-5-3-2-4-6-10;1-10-12(9-23)26-15(17(10,18)19)22-8-7-13(21-16(22)25)20-14(24)11-5-3-2-4-6-11/h3-6,8-12,14,16,18,26H,1,7H2,2H3,(H,23,24,27,28);2-9,12,14-15,24-25H,1H3,(H,20,21,23,26);2-8,10,12,15,23H,9H2,1H3,(H,20,21,24,25)/t12-,14?,16+,18-;9-,12+,15-;10-,12-,15-/m111/s1.